The van der Waals surface area contributed by atoms with Crippen LogP contribution in [0.4, 0.5) is 0 Å². The van der Waals surface area contributed by atoms with Crippen LogP contribution in [0.25, 0.3) is 11.4 Å². The number of aromatic nitrogens is 2. The van der Waals surface area contributed by atoms with Crippen LogP contribution in [0.2, 0.25) is 5.02 Å². The summed E-state index contributed by atoms with van der Waals surface area (Å²) in [6.45, 7) is 1.34. The van der Waals surface area contributed by atoms with Crippen molar-refractivity contribution in [2.45, 2.75) is 13.0 Å². The molecule has 6 nitrogen and oxygen atoms in total. The quantitative estimate of drug-likeness (QED) is 0.307. The molecule has 27 heavy (non-hydrogen) atoms. The van der Waals surface area contributed by atoms with Crippen LogP contribution >= 0.6 is 35.6 Å². The number of hydrogen-bond donors (Lipinski definition) is 2. The first-order chi connectivity index (χ1) is 12.7. The maximum Gasteiger partial charge on any atom is 0.228 e. The van der Waals surface area contributed by atoms with E-state index in [9.17, 15) is 0 Å². The fourth-order valence-electron chi connectivity index (χ4n) is 2.39. The molecule has 0 radical (unpaired) electrons. The molecule has 0 unspecified atom stereocenters. The number of nitrogens with one attached hydrogen (secondary N) is 2. The van der Waals surface area contributed by atoms with Crippen LogP contribution in [0.3, 0.4) is 0 Å². The van der Waals surface area contributed by atoms with E-state index in [-0.39, 0.29) is 24.0 Å². The monoisotopic (exact) mass is 497 g/mol. The maximum atomic E-state index is 5.99. The zero-order valence-corrected chi connectivity index (χ0v) is 17.9. The predicted octanol–water partition coefficient (Wildman–Crippen LogP) is 3.92. The highest BCUT2D eigenvalue weighted by Crippen LogP contribution is 2.19. The first kappa shape index (κ1) is 21.2. The van der Waals surface area contributed by atoms with Crippen LogP contribution in [-0.4, -0.2) is 29.7 Å². The van der Waals surface area contributed by atoms with Crippen LogP contribution in [0.5, 0.6) is 0 Å². The lowest BCUT2D eigenvalue weighted by atomic mass is 10.2. The normalized spacial score (nSPS) is 11.0. The minimum Gasteiger partial charge on any atom is -0.356 e. The summed E-state index contributed by atoms with van der Waals surface area (Å²) in [5, 5.41) is 11.1. The molecule has 0 spiro atoms. The van der Waals surface area contributed by atoms with Gasteiger partial charge in [0, 0.05) is 37.1 Å². The molecule has 0 amide bonds. The van der Waals surface area contributed by atoms with Gasteiger partial charge in [0.05, 0.1) is 0 Å². The van der Waals surface area contributed by atoms with Crippen molar-refractivity contribution in [3.63, 3.8) is 0 Å². The molecule has 0 aliphatic carbocycles. The van der Waals surface area contributed by atoms with Gasteiger partial charge in [0.25, 0.3) is 0 Å². The average Bonchev–Trinajstić information content (AvgIpc) is 3.14. The fraction of sp³-hybridized carbons (Fsp3) is 0.211. The summed E-state index contributed by atoms with van der Waals surface area (Å²) in [7, 11) is 1.74. The maximum absolute atomic E-state index is 5.99. The van der Waals surface area contributed by atoms with E-state index in [2.05, 4.69) is 37.9 Å². The smallest absolute Gasteiger partial charge is 0.228 e. The molecule has 0 saturated carbocycles. The van der Waals surface area contributed by atoms with E-state index in [4.69, 9.17) is 16.1 Å². The van der Waals surface area contributed by atoms with Crippen LogP contribution in [0.1, 0.15) is 11.5 Å². The lowest BCUT2D eigenvalue weighted by molar-refractivity contribution is 0.378. The molecule has 3 aromatic rings. The van der Waals surface area contributed by atoms with Crippen molar-refractivity contribution in [2.75, 3.05) is 13.6 Å². The second-order valence-corrected chi connectivity index (χ2v) is 6.05. The second-order valence-electron chi connectivity index (χ2n) is 5.61. The summed E-state index contributed by atoms with van der Waals surface area (Å²) < 4.78 is 5.30. The third-order valence-corrected chi connectivity index (χ3v) is 3.94. The minimum absolute atomic E-state index is 0. The topological polar surface area (TPSA) is 75.3 Å². The predicted molar refractivity (Wildman–Crippen MR) is 119 cm³/mol. The number of guanidine groups is 1. The molecule has 0 saturated heterocycles. The lowest BCUT2D eigenvalue weighted by Crippen LogP contribution is -2.37. The molecule has 3 rings (SSSR count). The van der Waals surface area contributed by atoms with Crippen LogP contribution < -0.4 is 10.6 Å². The molecular formula is C19H21ClIN5O. The Balaban J connectivity index is 0.00000261. The summed E-state index contributed by atoms with van der Waals surface area (Å²) in [5.74, 6) is 1.82. The molecule has 1 heterocycles. The van der Waals surface area contributed by atoms with Gasteiger partial charge in [0.1, 0.15) is 0 Å². The molecule has 2 N–H and O–H groups in total. The third-order valence-electron chi connectivity index (χ3n) is 3.71. The van der Waals surface area contributed by atoms with Crippen LogP contribution in [0, 0.1) is 0 Å². The van der Waals surface area contributed by atoms with E-state index >= 15 is 0 Å². The summed E-state index contributed by atoms with van der Waals surface area (Å²) in [6, 6.07) is 17.5. The van der Waals surface area contributed by atoms with Gasteiger partial charge in [-0.3, -0.25) is 4.99 Å². The minimum atomic E-state index is 0. The molecule has 0 atom stereocenters. The highest BCUT2D eigenvalue weighted by Gasteiger charge is 2.09. The third kappa shape index (κ3) is 6.51. The van der Waals surface area contributed by atoms with Gasteiger partial charge in [-0.1, -0.05) is 59.2 Å². The van der Waals surface area contributed by atoms with Crippen molar-refractivity contribution in [1.82, 2.24) is 20.8 Å². The Hall–Kier alpha value is -2.13. The van der Waals surface area contributed by atoms with Gasteiger partial charge in [-0.25, -0.2) is 0 Å². The van der Waals surface area contributed by atoms with Crippen molar-refractivity contribution < 1.29 is 4.52 Å². The zero-order chi connectivity index (χ0) is 18.2. The van der Waals surface area contributed by atoms with E-state index < -0.39 is 0 Å². The molecule has 0 bridgehead atoms. The highest BCUT2D eigenvalue weighted by atomic mass is 127. The summed E-state index contributed by atoms with van der Waals surface area (Å²) >= 11 is 5.99. The summed E-state index contributed by atoms with van der Waals surface area (Å²) in [4.78, 5) is 8.61. The van der Waals surface area contributed by atoms with E-state index in [0.29, 0.717) is 36.2 Å². The highest BCUT2D eigenvalue weighted by molar-refractivity contribution is 14.0. The first-order valence-electron chi connectivity index (χ1n) is 8.31. The SMILES string of the molecule is CN=C(NCCc1nc(-c2cccc(Cl)c2)no1)NCc1ccccc1.I. The average molecular weight is 498 g/mol. The van der Waals surface area contributed by atoms with Crippen molar-refractivity contribution in [1.29, 1.82) is 0 Å². The molecule has 1 aromatic heterocycles. The molecule has 0 aliphatic rings. The number of aliphatic imine (C=N–C) groups is 1. The first-order valence-corrected chi connectivity index (χ1v) is 8.69. The van der Waals surface area contributed by atoms with E-state index in [1.165, 1.54) is 5.56 Å². The number of hydrogen-bond acceptors (Lipinski definition) is 4. The zero-order valence-electron chi connectivity index (χ0n) is 14.9. The Morgan fingerprint density at radius 2 is 1.93 bits per heavy atom. The van der Waals surface area contributed by atoms with Gasteiger partial charge in [-0.2, -0.15) is 4.98 Å². The van der Waals surface area contributed by atoms with Crippen molar-refractivity contribution in [3.8, 4) is 11.4 Å². The molecule has 0 aliphatic heterocycles. The van der Waals surface area contributed by atoms with Gasteiger partial charge in [0.15, 0.2) is 5.96 Å². The Morgan fingerprint density at radius 1 is 1.11 bits per heavy atom. The van der Waals surface area contributed by atoms with E-state index in [1.54, 1.807) is 7.05 Å². The fourth-order valence-corrected chi connectivity index (χ4v) is 2.58. The number of rotatable bonds is 6. The largest absolute Gasteiger partial charge is 0.356 e. The second kappa shape index (κ2) is 10.9. The Kier molecular flexibility index (Phi) is 8.53. The summed E-state index contributed by atoms with van der Waals surface area (Å²) in [5.41, 5.74) is 2.03. The standard InChI is InChI=1S/C19H20ClN5O.HI/c1-21-19(23-13-14-6-3-2-4-7-14)22-11-10-17-24-18(25-26-17)15-8-5-9-16(20)12-15;/h2-9,12H,10-11,13H2,1H3,(H2,21,22,23);1H. The van der Waals surface area contributed by atoms with Crippen molar-refractivity contribution in [2.24, 2.45) is 4.99 Å². The van der Waals surface area contributed by atoms with Gasteiger partial charge >= 0.3 is 0 Å². The van der Waals surface area contributed by atoms with E-state index in [1.807, 2.05) is 42.5 Å². The molecule has 142 valence electrons. The van der Waals surface area contributed by atoms with Crippen molar-refractivity contribution >= 4 is 41.5 Å². The molecule has 0 fully saturated rings. The van der Waals surface area contributed by atoms with Gasteiger partial charge in [0.2, 0.25) is 11.7 Å². The lowest BCUT2D eigenvalue weighted by Gasteiger charge is -2.11. The molecule has 2 aromatic carbocycles. The molecule has 8 heteroatoms. The van der Waals surface area contributed by atoms with Gasteiger partial charge in [-0.05, 0) is 17.7 Å². The van der Waals surface area contributed by atoms with Gasteiger partial charge in [-0.15, -0.1) is 24.0 Å². The van der Waals surface area contributed by atoms with Crippen LogP contribution in [-0.2, 0) is 13.0 Å². The van der Waals surface area contributed by atoms with Crippen molar-refractivity contribution in [3.05, 3.63) is 71.1 Å². The molecular weight excluding hydrogens is 477 g/mol. The Morgan fingerprint density at radius 3 is 2.67 bits per heavy atom. The van der Waals surface area contributed by atoms with Gasteiger partial charge < -0.3 is 15.2 Å². The Bertz CT molecular complexity index is 869. The summed E-state index contributed by atoms with van der Waals surface area (Å²) in [6.07, 6.45) is 0.597. The number of halogens is 2. The number of nitrogens with zero attached hydrogens (tertiary/aromatic N) is 3. The Labute approximate surface area is 180 Å². The number of benzene rings is 2. The van der Waals surface area contributed by atoms with Crippen LogP contribution in [0.15, 0.2) is 64.1 Å². The van der Waals surface area contributed by atoms with E-state index in [0.717, 1.165) is 11.5 Å².